The molecule has 0 saturated carbocycles. The average molecular weight is 239 g/mol. The quantitative estimate of drug-likeness (QED) is 0.690. The van der Waals surface area contributed by atoms with Gasteiger partial charge in [0.2, 0.25) is 0 Å². The minimum atomic E-state index is -0.302. The molecule has 6 nitrogen and oxygen atoms in total. The smallest absolute Gasteiger partial charge is 0.307 e. The lowest BCUT2D eigenvalue weighted by atomic mass is 10.4. The monoisotopic (exact) mass is 239 g/mol. The Kier molecular flexibility index (Phi) is 4.68. The van der Waals surface area contributed by atoms with Gasteiger partial charge in [-0.25, -0.2) is 4.98 Å². The van der Waals surface area contributed by atoms with E-state index in [0.29, 0.717) is 18.9 Å². The van der Waals surface area contributed by atoms with Gasteiger partial charge in [-0.1, -0.05) is 0 Å². The van der Waals surface area contributed by atoms with E-state index < -0.39 is 0 Å². The van der Waals surface area contributed by atoms with E-state index in [0.717, 1.165) is 0 Å². The topological polar surface area (TPSA) is 64.4 Å². The van der Waals surface area contributed by atoms with Crippen molar-refractivity contribution in [3.8, 4) is 0 Å². The predicted octanol–water partition coefficient (Wildman–Crippen LogP) is 0.263. The number of ether oxygens (including phenoxy) is 1. The van der Waals surface area contributed by atoms with Crippen molar-refractivity contribution in [3.05, 3.63) is 22.7 Å². The maximum absolute atomic E-state index is 11.9. The number of methoxy groups -OCH3 is 1. The van der Waals surface area contributed by atoms with Gasteiger partial charge < -0.3 is 14.2 Å². The molecule has 1 aromatic heterocycles. The van der Waals surface area contributed by atoms with Crippen LogP contribution in [-0.4, -0.2) is 36.2 Å². The van der Waals surface area contributed by atoms with Crippen LogP contribution in [0.3, 0.4) is 0 Å². The maximum Gasteiger partial charge on any atom is 0.307 e. The van der Waals surface area contributed by atoms with Crippen molar-refractivity contribution in [1.82, 2.24) is 9.55 Å². The Morgan fingerprint density at radius 1 is 1.59 bits per heavy atom. The SMILES string of the molecule is CCn1ccnc(N(C)CCC(=O)OC)c1=O. The predicted molar refractivity (Wildman–Crippen MR) is 64.1 cm³/mol. The first-order valence-electron chi connectivity index (χ1n) is 5.43. The number of nitrogens with zero attached hydrogens (tertiary/aromatic N) is 3. The zero-order valence-electron chi connectivity index (χ0n) is 10.3. The van der Waals surface area contributed by atoms with Crippen LogP contribution in [0.5, 0.6) is 0 Å². The van der Waals surface area contributed by atoms with Crippen LogP contribution in [0.25, 0.3) is 0 Å². The number of carbonyl (C=O) groups excluding carboxylic acids is 1. The number of esters is 1. The van der Waals surface area contributed by atoms with E-state index in [2.05, 4.69) is 9.72 Å². The largest absolute Gasteiger partial charge is 0.469 e. The number of hydrogen-bond acceptors (Lipinski definition) is 5. The van der Waals surface area contributed by atoms with Gasteiger partial charge in [-0.2, -0.15) is 0 Å². The van der Waals surface area contributed by atoms with Gasteiger partial charge in [0.25, 0.3) is 5.56 Å². The molecular formula is C11H17N3O3. The third-order valence-electron chi connectivity index (χ3n) is 2.48. The summed E-state index contributed by atoms with van der Waals surface area (Å²) in [7, 11) is 3.07. The van der Waals surface area contributed by atoms with Gasteiger partial charge in [-0.15, -0.1) is 0 Å². The van der Waals surface area contributed by atoms with E-state index >= 15 is 0 Å². The minimum Gasteiger partial charge on any atom is -0.469 e. The van der Waals surface area contributed by atoms with Gasteiger partial charge in [0.15, 0.2) is 5.82 Å². The van der Waals surface area contributed by atoms with Crippen molar-refractivity contribution in [2.45, 2.75) is 19.9 Å². The van der Waals surface area contributed by atoms with E-state index in [-0.39, 0.29) is 17.9 Å². The fourth-order valence-corrected chi connectivity index (χ4v) is 1.41. The third kappa shape index (κ3) is 3.30. The second-order valence-corrected chi connectivity index (χ2v) is 3.59. The summed E-state index contributed by atoms with van der Waals surface area (Å²) in [4.78, 5) is 28.6. The van der Waals surface area contributed by atoms with Crippen LogP contribution in [0.2, 0.25) is 0 Å². The lowest BCUT2D eigenvalue weighted by molar-refractivity contribution is -0.140. The van der Waals surface area contributed by atoms with Crippen LogP contribution in [0.1, 0.15) is 13.3 Å². The summed E-state index contributed by atoms with van der Waals surface area (Å²) in [5.74, 6) is 0.0434. The van der Waals surface area contributed by atoms with Crippen LogP contribution >= 0.6 is 0 Å². The molecule has 94 valence electrons. The van der Waals surface area contributed by atoms with Crippen molar-refractivity contribution in [3.63, 3.8) is 0 Å². The number of carbonyl (C=O) groups is 1. The molecular weight excluding hydrogens is 222 g/mol. The molecule has 0 fully saturated rings. The Morgan fingerprint density at radius 2 is 2.29 bits per heavy atom. The first-order chi connectivity index (χ1) is 8.10. The van der Waals surface area contributed by atoms with Crippen molar-refractivity contribution < 1.29 is 9.53 Å². The average Bonchev–Trinajstić information content (AvgIpc) is 2.35. The highest BCUT2D eigenvalue weighted by Gasteiger charge is 2.10. The first kappa shape index (κ1) is 13.2. The van der Waals surface area contributed by atoms with Crippen LogP contribution in [0.4, 0.5) is 5.82 Å². The molecule has 1 rings (SSSR count). The molecule has 0 aliphatic heterocycles. The van der Waals surface area contributed by atoms with Crippen LogP contribution in [0.15, 0.2) is 17.2 Å². The summed E-state index contributed by atoms with van der Waals surface area (Å²) in [6, 6.07) is 0. The fraction of sp³-hybridized carbons (Fsp3) is 0.545. The van der Waals surface area contributed by atoms with Gasteiger partial charge in [-0.3, -0.25) is 9.59 Å². The van der Waals surface area contributed by atoms with Crippen molar-refractivity contribution >= 4 is 11.8 Å². The van der Waals surface area contributed by atoms with Gasteiger partial charge >= 0.3 is 5.97 Å². The fourth-order valence-electron chi connectivity index (χ4n) is 1.41. The van der Waals surface area contributed by atoms with E-state index in [1.807, 2.05) is 6.92 Å². The summed E-state index contributed by atoms with van der Waals surface area (Å²) in [5.41, 5.74) is -0.151. The highest BCUT2D eigenvalue weighted by atomic mass is 16.5. The number of aromatic nitrogens is 2. The molecule has 17 heavy (non-hydrogen) atoms. The van der Waals surface area contributed by atoms with Crippen molar-refractivity contribution in [2.75, 3.05) is 25.6 Å². The van der Waals surface area contributed by atoms with E-state index in [1.54, 1.807) is 28.9 Å². The van der Waals surface area contributed by atoms with E-state index in [4.69, 9.17) is 0 Å². The molecule has 0 N–H and O–H groups in total. The highest BCUT2D eigenvalue weighted by molar-refractivity contribution is 5.69. The van der Waals surface area contributed by atoms with Gasteiger partial charge in [0, 0.05) is 32.5 Å². The second-order valence-electron chi connectivity index (χ2n) is 3.59. The molecule has 0 spiro atoms. The molecule has 6 heteroatoms. The summed E-state index contributed by atoms with van der Waals surface area (Å²) in [5, 5.41) is 0. The number of anilines is 1. The van der Waals surface area contributed by atoms with Crippen molar-refractivity contribution in [2.24, 2.45) is 0 Å². The molecule has 0 atom stereocenters. The molecule has 0 radical (unpaired) electrons. The zero-order valence-corrected chi connectivity index (χ0v) is 10.3. The molecule has 1 heterocycles. The summed E-state index contributed by atoms with van der Waals surface area (Å²) >= 11 is 0. The summed E-state index contributed by atoms with van der Waals surface area (Å²) < 4.78 is 6.11. The molecule has 0 aliphatic rings. The Labute approximate surface area is 99.8 Å². The highest BCUT2D eigenvalue weighted by Crippen LogP contribution is 2.01. The molecule has 1 aromatic rings. The summed E-state index contributed by atoms with van der Waals surface area (Å²) in [6.07, 6.45) is 3.45. The lowest BCUT2D eigenvalue weighted by Crippen LogP contribution is -2.31. The number of rotatable bonds is 5. The Hall–Kier alpha value is -1.85. The Balaban J connectivity index is 2.79. The lowest BCUT2D eigenvalue weighted by Gasteiger charge is -2.17. The Morgan fingerprint density at radius 3 is 2.88 bits per heavy atom. The van der Waals surface area contributed by atoms with Crippen LogP contribution in [-0.2, 0) is 16.1 Å². The van der Waals surface area contributed by atoms with E-state index in [9.17, 15) is 9.59 Å². The zero-order chi connectivity index (χ0) is 12.8. The molecule has 0 bridgehead atoms. The Bertz CT molecular complexity index is 442. The second kappa shape index (κ2) is 6.03. The molecule has 0 saturated heterocycles. The van der Waals surface area contributed by atoms with Crippen LogP contribution in [0, 0.1) is 0 Å². The third-order valence-corrected chi connectivity index (χ3v) is 2.48. The molecule has 0 amide bonds. The molecule has 0 aromatic carbocycles. The first-order valence-corrected chi connectivity index (χ1v) is 5.43. The van der Waals surface area contributed by atoms with E-state index in [1.165, 1.54) is 7.11 Å². The maximum atomic E-state index is 11.9. The van der Waals surface area contributed by atoms with Gasteiger partial charge in [-0.05, 0) is 6.92 Å². The minimum absolute atomic E-state index is 0.151. The van der Waals surface area contributed by atoms with Crippen molar-refractivity contribution in [1.29, 1.82) is 0 Å². The molecule has 0 aliphatic carbocycles. The van der Waals surface area contributed by atoms with Gasteiger partial charge in [0.1, 0.15) is 0 Å². The standard InChI is InChI=1S/C11H17N3O3/c1-4-14-8-6-12-10(11(14)16)13(2)7-5-9(15)17-3/h6,8H,4-5,7H2,1-3H3. The van der Waals surface area contributed by atoms with Gasteiger partial charge in [0.05, 0.1) is 13.5 Å². The normalized spacial score (nSPS) is 10.1. The molecule has 0 unspecified atom stereocenters. The number of hydrogen-bond donors (Lipinski definition) is 0. The number of aryl methyl sites for hydroxylation is 1. The van der Waals surface area contributed by atoms with Crippen LogP contribution < -0.4 is 10.5 Å². The summed E-state index contributed by atoms with van der Waals surface area (Å²) in [6.45, 7) is 2.89.